The number of amides is 1. The van der Waals surface area contributed by atoms with Gasteiger partial charge in [0.15, 0.2) is 0 Å². The SMILES string of the molecule is CCCCCCCCCCCCCC/C=C\CCCCCCCCCCCC(=O)NC(CO)C(O)C(O)CCCCCCCCCC. The van der Waals surface area contributed by atoms with Gasteiger partial charge in [0.2, 0.25) is 5.91 Å². The van der Waals surface area contributed by atoms with E-state index in [9.17, 15) is 20.1 Å². The molecule has 0 aromatic heterocycles. The summed E-state index contributed by atoms with van der Waals surface area (Å²) in [6.45, 7) is 4.15. The lowest BCUT2D eigenvalue weighted by molar-refractivity contribution is -0.124. The molecule has 0 aliphatic carbocycles. The van der Waals surface area contributed by atoms with Gasteiger partial charge in [-0.3, -0.25) is 4.79 Å². The first kappa shape index (κ1) is 46.1. The second kappa shape index (κ2) is 37.9. The Bertz CT molecular complexity index is 655. The van der Waals surface area contributed by atoms with E-state index in [-0.39, 0.29) is 12.5 Å². The number of aliphatic hydroxyl groups excluding tert-OH is 3. The van der Waals surface area contributed by atoms with Gasteiger partial charge in [-0.25, -0.2) is 0 Å². The molecule has 280 valence electrons. The first-order valence-electron chi connectivity index (χ1n) is 21.0. The first-order chi connectivity index (χ1) is 23.1. The minimum Gasteiger partial charge on any atom is -0.394 e. The Labute approximate surface area is 293 Å². The van der Waals surface area contributed by atoms with Crippen LogP contribution in [0.5, 0.6) is 0 Å². The second-order valence-electron chi connectivity index (χ2n) is 14.5. The Morgan fingerprint density at radius 2 is 0.851 bits per heavy atom. The Morgan fingerprint density at radius 1 is 0.511 bits per heavy atom. The van der Waals surface area contributed by atoms with Crippen molar-refractivity contribution in [2.75, 3.05) is 6.61 Å². The Hall–Kier alpha value is -0.910. The molecule has 4 N–H and O–H groups in total. The van der Waals surface area contributed by atoms with Gasteiger partial charge in [-0.2, -0.15) is 0 Å². The fourth-order valence-electron chi connectivity index (χ4n) is 6.57. The van der Waals surface area contributed by atoms with Gasteiger partial charge in [0.1, 0.15) is 6.10 Å². The fraction of sp³-hybridized carbons (Fsp3) is 0.929. The van der Waals surface area contributed by atoms with E-state index >= 15 is 0 Å². The Balaban J connectivity index is 3.53. The fourth-order valence-corrected chi connectivity index (χ4v) is 6.57. The van der Waals surface area contributed by atoms with Crippen molar-refractivity contribution in [3.8, 4) is 0 Å². The van der Waals surface area contributed by atoms with Gasteiger partial charge in [-0.05, 0) is 38.5 Å². The van der Waals surface area contributed by atoms with Gasteiger partial charge in [0.05, 0.1) is 18.8 Å². The average Bonchev–Trinajstić information content (AvgIpc) is 3.07. The monoisotopic (exact) mass is 666 g/mol. The average molecular weight is 666 g/mol. The number of hydrogen-bond acceptors (Lipinski definition) is 4. The molecule has 5 heteroatoms. The number of hydrogen-bond donors (Lipinski definition) is 4. The van der Waals surface area contributed by atoms with Crippen LogP contribution in [0, 0.1) is 0 Å². The number of aliphatic hydroxyl groups is 3. The number of nitrogens with one attached hydrogen (secondary N) is 1. The van der Waals surface area contributed by atoms with E-state index in [2.05, 4.69) is 31.3 Å². The topological polar surface area (TPSA) is 89.8 Å². The summed E-state index contributed by atoms with van der Waals surface area (Å²) in [7, 11) is 0. The number of carbonyl (C=O) groups excluding carboxylic acids is 1. The van der Waals surface area contributed by atoms with E-state index < -0.39 is 18.2 Å². The zero-order valence-corrected chi connectivity index (χ0v) is 31.7. The van der Waals surface area contributed by atoms with Crippen molar-refractivity contribution in [2.45, 2.75) is 244 Å². The highest BCUT2D eigenvalue weighted by Crippen LogP contribution is 2.16. The van der Waals surface area contributed by atoms with Crippen LogP contribution in [0.25, 0.3) is 0 Å². The molecule has 47 heavy (non-hydrogen) atoms. The van der Waals surface area contributed by atoms with E-state index in [1.165, 1.54) is 161 Å². The maximum absolute atomic E-state index is 12.4. The molecule has 3 atom stereocenters. The third-order valence-electron chi connectivity index (χ3n) is 9.87. The molecule has 1 amide bonds. The standard InChI is InChI=1S/C42H83NO4/c1-3-5-7-9-11-13-14-15-16-17-18-19-20-21-22-23-24-25-26-27-28-29-31-33-35-37-41(46)43-39(38-44)42(47)40(45)36-34-32-30-12-10-8-6-4-2/h21-22,39-40,42,44-45,47H,3-20,23-38H2,1-2H3,(H,43,46)/b22-21-. The van der Waals surface area contributed by atoms with Crippen molar-refractivity contribution in [3.63, 3.8) is 0 Å². The molecule has 5 nitrogen and oxygen atoms in total. The summed E-state index contributed by atoms with van der Waals surface area (Å²) in [5.41, 5.74) is 0. The number of rotatable bonds is 38. The van der Waals surface area contributed by atoms with Gasteiger partial charge >= 0.3 is 0 Å². The lowest BCUT2D eigenvalue weighted by Crippen LogP contribution is -2.50. The van der Waals surface area contributed by atoms with Crippen LogP contribution in [0.3, 0.4) is 0 Å². The molecular weight excluding hydrogens is 582 g/mol. The highest BCUT2D eigenvalue weighted by atomic mass is 16.3. The highest BCUT2D eigenvalue weighted by molar-refractivity contribution is 5.76. The van der Waals surface area contributed by atoms with E-state index in [4.69, 9.17) is 0 Å². The largest absolute Gasteiger partial charge is 0.394 e. The Kier molecular flexibility index (Phi) is 37.2. The lowest BCUT2D eigenvalue weighted by atomic mass is 9.99. The maximum Gasteiger partial charge on any atom is 0.220 e. The van der Waals surface area contributed by atoms with E-state index in [0.717, 1.165) is 38.5 Å². The molecular formula is C42H83NO4. The molecule has 0 radical (unpaired) electrons. The second-order valence-corrected chi connectivity index (χ2v) is 14.5. The maximum atomic E-state index is 12.4. The third kappa shape index (κ3) is 33.4. The molecule has 0 aromatic carbocycles. The normalized spacial score (nSPS) is 13.7. The summed E-state index contributed by atoms with van der Waals surface area (Å²) < 4.78 is 0. The van der Waals surface area contributed by atoms with Crippen LogP contribution in [0.15, 0.2) is 12.2 Å². The third-order valence-corrected chi connectivity index (χ3v) is 9.87. The van der Waals surface area contributed by atoms with Gasteiger partial charge < -0.3 is 20.6 Å². The molecule has 0 saturated carbocycles. The molecule has 0 fully saturated rings. The zero-order chi connectivity index (χ0) is 34.5. The van der Waals surface area contributed by atoms with Crippen molar-refractivity contribution in [1.82, 2.24) is 5.32 Å². The highest BCUT2D eigenvalue weighted by Gasteiger charge is 2.26. The van der Waals surface area contributed by atoms with Crippen molar-refractivity contribution in [2.24, 2.45) is 0 Å². The molecule has 0 bridgehead atoms. The van der Waals surface area contributed by atoms with Crippen LogP contribution in [-0.4, -0.2) is 46.1 Å². The van der Waals surface area contributed by atoms with Crippen molar-refractivity contribution in [1.29, 1.82) is 0 Å². The van der Waals surface area contributed by atoms with Crippen LogP contribution in [0.2, 0.25) is 0 Å². The summed E-state index contributed by atoms with van der Waals surface area (Å²) in [4.78, 5) is 12.4. The first-order valence-corrected chi connectivity index (χ1v) is 21.0. The molecule has 0 spiro atoms. The molecule has 0 aromatic rings. The quantitative estimate of drug-likeness (QED) is 0.0390. The van der Waals surface area contributed by atoms with Gasteiger partial charge in [-0.15, -0.1) is 0 Å². The number of allylic oxidation sites excluding steroid dienone is 2. The summed E-state index contributed by atoms with van der Waals surface area (Å²) in [5, 5.41) is 33.3. The Morgan fingerprint density at radius 3 is 1.23 bits per heavy atom. The predicted octanol–water partition coefficient (Wildman–Crippen LogP) is 11.7. The summed E-state index contributed by atoms with van der Waals surface area (Å²) in [5.74, 6) is -0.148. The van der Waals surface area contributed by atoms with Crippen molar-refractivity contribution >= 4 is 5.91 Å². The van der Waals surface area contributed by atoms with Gasteiger partial charge in [0.25, 0.3) is 0 Å². The van der Waals surface area contributed by atoms with Crippen LogP contribution in [0.4, 0.5) is 0 Å². The summed E-state index contributed by atoms with van der Waals surface area (Å²) in [6, 6.07) is -0.804. The summed E-state index contributed by atoms with van der Waals surface area (Å²) >= 11 is 0. The molecule has 0 aliphatic heterocycles. The van der Waals surface area contributed by atoms with Crippen LogP contribution >= 0.6 is 0 Å². The number of unbranched alkanes of at least 4 members (excludes halogenated alkanes) is 28. The van der Waals surface area contributed by atoms with Crippen molar-refractivity contribution in [3.05, 3.63) is 12.2 Å². The van der Waals surface area contributed by atoms with E-state index in [1.807, 2.05) is 0 Å². The van der Waals surface area contributed by atoms with Crippen LogP contribution < -0.4 is 5.32 Å². The minimum atomic E-state index is -1.13. The predicted molar refractivity (Wildman–Crippen MR) is 204 cm³/mol. The molecule has 0 saturated heterocycles. The van der Waals surface area contributed by atoms with Gasteiger partial charge in [0, 0.05) is 6.42 Å². The van der Waals surface area contributed by atoms with E-state index in [1.54, 1.807) is 0 Å². The minimum absolute atomic E-state index is 0.148. The molecule has 0 heterocycles. The van der Waals surface area contributed by atoms with Gasteiger partial charge in [-0.1, -0.05) is 193 Å². The summed E-state index contributed by atoms with van der Waals surface area (Å²) in [6.07, 6.45) is 43.4. The van der Waals surface area contributed by atoms with Crippen molar-refractivity contribution < 1.29 is 20.1 Å². The van der Waals surface area contributed by atoms with Crippen LogP contribution in [-0.2, 0) is 4.79 Å². The zero-order valence-electron chi connectivity index (χ0n) is 31.7. The smallest absolute Gasteiger partial charge is 0.220 e. The number of carbonyl (C=O) groups is 1. The van der Waals surface area contributed by atoms with Crippen LogP contribution in [0.1, 0.15) is 226 Å². The lowest BCUT2D eigenvalue weighted by Gasteiger charge is -2.26. The van der Waals surface area contributed by atoms with E-state index in [0.29, 0.717) is 12.8 Å². The molecule has 3 unspecified atom stereocenters. The molecule has 0 aliphatic rings. The molecule has 0 rings (SSSR count).